The number of aromatic nitrogens is 1. The summed E-state index contributed by atoms with van der Waals surface area (Å²) in [6.45, 7) is 4.65. The molecule has 0 aliphatic carbocycles. The smallest absolute Gasteiger partial charge is 0.688 e. The zero-order valence-corrected chi connectivity index (χ0v) is 22.9. The van der Waals surface area contributed by atoms with Crippen LogP contribution in [0.2, 0.25) is 0 Å². The molecule has 0 saturated carbocycles. The zero-order valence-electron chi connectivity index (χ0n) is 18.9. The third-order valence-corrected chi connectivity index (χ3v) is 5.97. The number of rotatable bonds is 5. The van der Waals surface area contributed by atoms with Gasteiger partial charge in [-0.15, -0.1) is 25.0 Å². The summed E-state index contributed by atoms with van der Waals surface area (Å²) in [4.78, 5) is 5.30. The van der Waals surface area contributed by atoms with Gasteiger partial charge in [0.1, 0.15) is 0 Å². The van der Waals surface area contributed by atoms with Crippen molar-refractivity contribution in [3.63, 3.8) is 0 Å². The standard InChI is InChI=1S/C9H6NS.C9H12P.C8H10N2.Pt/c1-2-6-10-8(4-1)9-5-3-7-11-9;1-10(2)8-9-6-4-3-5-7-9;1-9-7-5-3-4-6-8(7)10-2;/h1-4,6-7H;3-6H,8H2,1-2H3;3-6H,1-2H3;/q2*-1;-2;+4/p+1. The molecule has 3 nitrogen and oxygen atoms in total. The first-order valence-corrected chi connectivity index (χ1v) is 13.6. The molecule has 32 heavy (non-hydrogen) atoms. The molecule has 0 saturated heterocycles. The van der Waals surface area contributed by atoms with Crippen LogP contribution in [0.1, 0.15) is 5.56 Å². The van der Waals surface area contributed by atoms with E-state index in [1.807, 2.05) is 66.0 Å². The molecule has 0 atom stereocenters. The fourth-order valence-electron chi connectivity index (χ4n) is 2.64. The summed E-state index contributed by atoms with van der Waals surface area (Å²) in [5.41, 5.74) is 4.26. The molecular formula is C26H29N3PPtS+. The topological polar surface area (TPSA) is 41.1 Å². The fraction of sp³-hybridized carbons (Fsp3) is 0.192. The Morgan fingerprint density at radius 1 is 0.844 bits per heavy atom. The van der Waals surface area contributed by atoms with E-state index in [2.05, 4.69) is 53.2 Å². The molecular weight excluding hydrogens is 612 g/mol. The number of benzene rings is 2. The van der Waals surface area contributed by atoms with Crippen LogP contribution in [0.3, 0.4) is 0 Å². The Labute approximate surface area is 212 Å². The SMILES string of the molecule is C[N-]c1ccccc1[N-]C.C[PH+](C)Cc1[c-]cccc1.[Pt+4].[c-]1ccsc1-c1ccccn1. The van der Waals surface area contributed by atoms with Gasteiger partial charge in [-0.25, -0.2) is 11.3 Å². The minimum atomic E-state index is -0.118. The Kier molecular flexibility index (Phi) is 14.6. The first-order valence-electron chi connectivity index (χ1n) is 10.0. The molecule has 4 rings (SSSR count). The van der Waals surface area contributed by atoms with Crippen molar-refractivity contribution in [1.29, 1.82) is 0 Å². The summed E-state index contributed by atoms with van der Waals surface area (Å²) in [5, 5.41) is 10.1. The van der Waals surface area contributed by atoms with Crippen molar-refractivity contribution >= 4 is 30.6 Å². The van der Waals surface area contributed by atoms with E-state index >= 15 is 0 Å². The van der Waals surface area contributed by atoms with E-state index in [0.717, 1.165) is 21.9 Å². The Balaban J connectivity index is 0.000000237. The summed E-state index contributed by atoms with van der Waals surface area (Å²) in [6, 6.07) is 30.2. The van der Waals surface area contributed by atoms with Gasteiger partial charge in [0.15, 0.2) is 0 Å². The fourth-order valence-corrected chi connectivity index (χ4v) is 4.27. The molecule has 0 fully saturated rings. The van der Waals surface area contributed by atoms with E-state index in [1.165, 1.54) is 11.7 Å². The van der Waals surface area contributed by atoms with Crippen molar-refractivity contribution in [3.8, 4) is 10.6 Å². The van der Waals surface area contributed by atoms with Gasteiger partial charge < -0.3 is 15.6 Å². The van der Waals surface area contributed by atoms with E-state index in [1.54, 1.807) is 31.6 Å². The molecule has 0 radical (unpaired) electrons. The first kappa shape index (κ1) is 28.0. The van der Waals surface area contributed by atoms with E-state index in [9.17, 15) is 0 Å². The van der Waals surface area contributed by atoms with Gasteiger partial charge >= 0.3 is 21.1 Å². The maximum absolute atomic E-state index is 4.20. The molecule has 6 heteroatoms. The van der Waals surface area contributed by atoms with E-state index in [4.69, 9.17) is 0 Å². The van der Waals surface area contributed by atoms with Crippen LogP contribution in [0.15, 0.2) is 84.4 Å². The molecule has 4 aromatic rings. The van der Waals surface area contributed by atoms with Crippen molar-refractivity contribution in [3.05, 3.63) is 113 Å². The Morgan fingerprint density at radius 3 is 1.97 bits per heavy atom. The van der Waals surface area contributed by atoms with Crippen LogP contribution in [0, 0.1) is 12.1 Å². The maximum Gasteiger partial charge on any atom is 4.00 e. The second-order valence-corrected chi connectivity index (χ2v) is 10.5. The Bertz CT molecular complexity index is 942. The van der Waals surface area contributed by atoms with Crippen LogP contribution in [0.25, 0.3) is 21.2 Å². The molecule has 2 aromatic carbocycles. The summed E-state index contributed by atoms with van der Waals surface area (Å²) in [5.74, 6) is 0. The zero-order chi connectivity index (χ0) is 22.3. The number of hydrogen-bond donors (Lipinski definition) is 0. The van der Waals surface area contributed by atoms with Gasteiger partial charge in [-0.2, -0.15) is 53.8 Å². The molecule has 0 N–H and O–H groups in total. The molecule has 2 heterocycles. The van der Waals surface area contributed by atoms with Gasteiger partial charge in [-0.3, -0.25) is 0 Å². The summed E-state index contributed by atoms with van der Waals surface area (Å²) >= 11 is 1.66. The Hall–Kier alpha value is -1.99. The van der Waals surface area contributed by atoms with Crippen molar-refractivity contribution in [2.45, 2.75) is 6.16 Å². The van der Waals surface area contributed by atoms with Gasteiger partial charge in [0, 0.05) is 19.5 Å². The van der Waals surface area contributed by atoms with E-state index < -0.39 is 0 Å². The van der Waals surface area contributed by atoms with Crippen LogP contribution in [-0.4, -0.2) is 32.4 Å². The Morgan fingerprint density at radius 2 is 1.50 bits per heavy atom. The largest absolute Gasteiger partial charge is 4.00 e. The van der Waals surface area contributed by atoms with Crippen LogP contribution >= 0.6 is 19.3 Å². The number of para-hydroxylation sites is 2. The second kappa shape index (κ2) is 16.6. The molecule has 0 spiro atoms. The second-order valence-electron chi connectivity index (χ2n) is 6.82. The number of nitrogens with zero attached hydrogens (tertiary/aromatic N) is 3. The van der Waals surface area contributed by atoms with Crippen LogP contribution < -0.4 is 0 Å². The molecule has 0 unspecified atom stereocenters. The van der Waals surface area contributed by atoms with E-state index in [0.29, 0.717) is 0 Å². The molecule has 0 aliphatic heterocycles. The van der Waals surface area contributed by atoms with Crippen molar-refractivity contribution in [2.24, 2.45) is 0 Å². The van der Waals surface area contributed by atoms with E-state index in [-0.39, 0.29) is 29.0 Å². The first-order chi connectivity index (χ1) is 15.1. The predicted molar refractivity (Wildman–Crippen MR) is 140 cm³/mol. The van der Waals surface area contributed by atoms with Gasteiger partial charge in [-0.1, -0.05) is 41.3 Å². The molecule has 0 amide bonds. The number of thiophene rings is 1. The molecule has 0 bridgehead atoms. The monoisotopic (exact) mass is 641 g/mol. The van der Waals surface area contributed by atoms with Gasteiger partial charge in [0.2, 0.25) is 0 Å². The minimum absolute atomic E-state index is 0. The average molecular weight is 642 g/mol. The summed E-state index contributed by atoms with van der Waals surface area (Å²) < 4.78 is 0. The van der Waals surface area contributed by atoms with Crippen molar-refractivity contribution in [2.75, 3.05) is 27.4 Å². The number of hydrogen-bond acceptors (Lipinski definition) is 2. The predicted octanol–water partition coefficient (Wildman–Crippen LogP) is 8.02. The molecule has 0 aliphatic rings. The van der Waals surface area contributed by atoms with Crippen molar-refractivity contribution < 1.29 is 21.1 Å². The summed E-state index contributed by atoms with van der Waals surface area (Å²) in [7, 11) is 3.42. The third-order valence-electron chi connectivity index (χ3n) is 4.05. The van der Waals surface area contributed by atoms with Crippen LogP contribution in [0.4, 0.5) is 11.4 Å². The summed E-state index contributed by atoms with van der Waals surface area (Å²) in [6.07, 6.45) is 3.04. The van der Waals surface area contributed by atoms with Gasteiger partial charge in [0.25, 0.3) is 0 Å². The molecule has 168 valence electrons. The van der Waals surface area contributed by atoms with Gasteiger partial charge in [-0.05, 0) is 19.7 Å². The normalized spacial score (nSPS) is 9.41. The third kappa shape index (κ3) is 10.5. The van der Waals surface area contributed by atoms with Crippen LogP contribution in [-0.2, 0) is 27.2 Å². The van der Waals surface area contributed by atoms with Crippen molar-refractivity contribution in [1.82, 2.24) is 4.98 Å². The molecule has 2 aromatic heterocycles. The van der Waals surface area contributed by atoms with Gasteiger partial charge in [0.05, 0.1) is 6.16 Å². The number of pyridine rings is 1. The quantitative estimate of drug-likeness (QED) is 0.161. The minimum Gasteiger partial charge on any atom is -0.688 e. The average Bonchev–Trinajstić information content (AvgIpc) is 3.36. The van der Waals surface area contributed by atoms with Crippen LogP contribution in [0.5, 0.6) is 0 Å². The maximum atomic E-state index is 4.20.